The molecule has 0 aliphatic heterocycles. The highest BCUT2D eigenvalue weighted by molar-refractivity contribution is 9.10. The predicted octanol–water partition coefficient (Wildman–Crippen LogP) is 4.56. The summed E-state index contributed by atoms with van der Waals surface area (Å²) in [6, 6.07) is 13.3. The average Bonchev–Trinajstić information content (AvgIpc) is 3.04. The summed E-state index contributed by atoms with van der Waals surface area (Å²) >= 11 is 3.42. The molecular weight excluding hydrogens is 422 g/mol. The molecule has 0 saturated carbocycles. The maximum absolute atomic E-state index is 12.4. The minimum absolute atomic E-state index is 0.118. The summed E-state index contributed by atoms with van der Waals surface area (Å²) in [6.45, 7) is 6.04. The molecule has 1 heterocycles. The van der Waals surface area contributed by atoms with Gasteiger partial charge in [-0.15, -0.1) is 0 Å². The summed E-state index contributed by atoms with van der Waals surface area (Å²) in [6.07, 6.45) is 0.267. The summed E-state index contributed by atoms with van der Waals surface area (Å²) in [4.78, 5) is 12.4. The van der Waals surface area contributed by atoms with Gasteiger partial charge in [-0.2, -0.15) is 5.10 Å². The number of nitrogens with one attached hydrogen (secondary N) is 2. The molecule has 0 unspecified atom stereocenters. The fraction of sp³-hybridized carbons (Fsp3) is 0.333. The number of H-pyrrole nitrogens is 1. The Bertz CT molecular complexity index is 922. The van der Waals surface area contributed by atoms with Crippen molar-refractivity contribution >= 4 is 38.6 Å². The van der Waals surface area contributed by atoms with Gasteiger partial charge in [0, 0.05) is 16.5 Å². The van der Waals surface area contributed by atoms with Gasteiger partial charge in [-0.3, -0.25) is 9.89 Å². The van der Waals surface area contributed by atoms with Gasteiger partial charge in [-0.05, 0) is 41.8 Å². The Kier molecular flexibility index (Phi) is 7.06. The van der Waals surface area contributed by atoms with Crippen LogP contribution in [0.1, 0.15) is 19.4 Å². The summed E-state index contributed by atoms with van der Waals surface area (Å²) in [5.74, 6) is 1.70. The first kappa shape index (κ1) is 20.4. The van der Waals surface area contributed by atoms with Gasteiger partial charge in [-0.25, -0.2) is 0 Å². The van der Waals surface area contributed by atoms with Crippen molar-refractivity contribution in [2.24, 2.45) is 5.92 Å². The lowest BCUT2D eigenvalue weighted by atomic mass is 10.1. The molecular formula is C21H24BrN3O3. The highest BCUT2D eigenvalue weighted by atomic mass is 79.9. The molecule has 0 aliphatic rings. The van der Waals surface area contributed by atoms with E-state index >= 15 is 0 Å². The van der Waals surface area contributed by atoms with Crippen molar-refractivity contribution in [1.82, 2.24) is 10.2 Å². The number of amides is 1. The molecule has 0 aliphatic carbocycles. The van der Waals surface area contributed by atoms with Crippen LogP contribution in [0.15, 0.2) is 46.9 Å². The second-order valence-corrected chi connectivity index (χ2v) is 7.86. The number of fused-ring (bicyclic) bond motifs is 1. The van der Waals surface area contributed by atoms with Crippen LogP contribution in [0.5, 0.6) is 5.75 Å². The topological polar surface area (TPSA) is 76.2 Å². The molecule has 7 heteroatoms. The minimum atomic E-state index is -0.118. The number of nitrogens with zero attached hydrogens (tertiary/aromatic N) is 1. The largest absolute Gasteiger partial charge is 0.491 e. The number of hydrogen-bond acceptors (Lipinski definition) is 4. The van der Waals surface area contributed by atoms with E-state index in [1.54, 1.807) is 0 Å². The van der Waals surface area contributed by atoms with Crippen LogP contribution < -0.4 is 10.1 Å². The maximum atomic E-state index is 12.4. The molecule has 0 fully saturated rings. The van der Waals surface area contributed by atoms with E-state index in [-0.39, 0.29) is 12.3 Å². The van der Waals surface area contributed by atoms with E-state index in [0.29, 0.717) is 24.9 Å². The van der Waals surface area contributed by atoms with Gasteiger partial charge in [0.15, 0.2) is 5.82 Å². The Hall–Kier alpha value is -2.38. The van der Waals surface area contributed by atoms with Crippen molar-refractivity contribution in [3.05, 3.63) is 52.5 Å². The number of anilines is 1. The van der Waals surface area contributed by atoms with Crippen LogP contribution in [-0.2, 0) is 16.0 Å². The van der Waals surface area contributed by atoms with Crippen molar-refractivity contribution in [2.75, 3.05) is 25.1 Å². The Morgan fingerprint density at radius 3 is 2.71 bits per heavy atom. The monoisotopic (exact) mass is 445 g/mol. The van der Waals surface area contributed by atoms with Gasteiger partial charge in [0.2, 0.25) is 5.91 Å². The molecule has 2 aromatic carbocycles. The number of carbonyl (C=O) groups excluding carboxylic acids is 1. The van der Waals surface area contributed by atoms with Gasteiger partial charge in [-0.1, -0.05) is 41.9 Å². The average molecular weight is 446 g/mol. The van der Waals surface area contributed by atoms with E-state index in [0.717, 1.165) is 33.3 Å². The Labute approximate surface area is 172 Å². The van der Waals surface area contributed by atoms with E-state index in [4.69, 9.17) is 9.47 Å². The molecule has 3 aromatic rings. The highest BCUT2D eigenvalue weighted by Crippen LogP contribution is 2.24. The van der Waals surface area contributed by atoms with E-state index in [9.17, 15) is 4.79 Å². The molecule has 3 rings (SSSR count). The van der Waals surface area contributed by atoms with Crippen molar-refractivity contribution in [3.63, 3.8) is 0 Å². The van der Waals surface area contributed by atoms with Gasteiger partial charge in [0.25, 0.3) is 0 Å². The van der Waals surface area contributed by atoms with Crippen LogP contribution in [0.3, 0.4) is 0 Å². The molecule has 6 nitrogen and oxygen atoms in total. The SMILES string of the molecule is CC(C)COCCOc1ccc(CC(=O)Nc2n[nH]c3cc(Br)ccc23)cc1. The van der Waals surface area contributed by atoms with Crippen LogP contribution in [0.4, 0.5) is 5.82 Å². The Morgan fingerprint density at radius 1 is 1.18 bits per heavy atom. The Morgan fingerprint density at radius 2 is 1.96 bits per heavy atom. The van der Waals surface area contributed by atoms with E-state index in [1.807, 2.05) is 42.5 Å². The molecule has 0 radical (unpaired) electrons. The zero-order valence-corrected chi connectivity index (χ0v) is 17.6. The first-order valence-electron chi connectivity index (χ1n) is 9.24. The maximum Gasteiger partial charge on any atom is 0.230 e. The first-order chi connectivity index (χ1) is 13.5. The first-order valence-corrected chi connectivity index (χ1v) is 10.0. The van der Waals surface area contributed by atoms with E-state index < -0.39 is 0 Å². The fourth-order valence-corrected chi connectivity index (χ4v) is 3.05. The third-order valence-corrected chi connectivity index (χ3v) is 4.51. The van der Waals surface area contributed by atoms with E-state index in [1.165, 1.54) is 0 Å². The summed E-state index contributed by atoms with van der Waals surface area (Å²) < 4.78 is 12.1. The fourth-order valence-electron chi connectivity index (χ4n) is 2.69. The van der Waals surface area contributed by atoms with Crippen LogP contribution in [0.25, 0.3) is 10.9 Å². The van der Waals surface area contributed by atoms with Crippen molar-refractivity contribution < 1.29 is 14.3 Å². The zero-order chi connectivity index (χ0) is 19.9. The van der Waals surface area contributed by atoms with Gasteiger partial charge in [0.1, 0.15) is 12.4 Å². The Balaban J connectivity index is 1.48. The highest BCUT2D eigenvalue weighted by Gasteiger charge is 2.10. The molecule has 0 saturated heterocycles. The lowest BCUT2D eigenvalue weighted by Crippen LogP contribution is -2.15. The normalized spacial score (nSPS) is 11.1. The van der Waals surface area contributed by atoms with Crippen LogP contribution in [0.2, 0.25) is 0 Å². The number of aromatic nitrogens is 2. The third-order valence-electron chi connectivity index (χ3n) is 4.02. The van der Waals surface area contributed by atoms with Crippen molar-refractivity contribution in [3.8, 4) is 5.75 Å². The standard InChI is InChI=1S/C21H24BrN3O3/c1-14(2)13-27-9-10-28-17-6-3-15(4-7-17)11-20(26)23-21-18-8-5-16(22)12-19(18)24-25-21/h3-8,12,14H,9-11,13H2,1-2H3,(H2,23,24,25,26). The second kappa shape index (κ2) is 9.71. The van der Waals surface area contributed by atoms with Gasteiger partial charge >= 0.3 is 0 Å². The van der Waals surface area contributed by atoms with Crippen LogP contribution in [0, 0.1) is 5.92 Å². The quantitative estimate of drug-likeness (QED) is 0.473. The number of hydrogen-bond donors (Lipinski definition) is 2. The van der Waals surface area contributed by atoms with Crippen molar-refractivity contribution in [2.45, 2.75) is 20.3 Å². The molecule has 0 spiro atoms. The number of ether oxygens (including phenoxy) is 2. The predicted molar refractivity (Wildman–Crippen MR) is 114 cm³/mol. The smallest absolute Gasteiger partial charge is 0.230 e. The number of rotatable bonds is 9. The van der Waals surface area contributed by atoms with Crippen molar-refractivity contribution in [1.29, 1.82) is 0 Å². The molecule has 1 aromatic heterocycles. The van der Waals surface area contributed by atoms with Crippen LogP contribution in [-0.4, -0.2) is 35.9 Å². The molecule has 0 bridgehead atoms. The molecule has 148 valence electrons. The van der Waals surface area contributed by atoms with Gasteiger partial charge < -0.3 is 14.8 Å². The summed E-state index contributed by atoms with van der Waals surface area (Å²) in [5.41, 5.74) is 1.77. The number of benzene rings is 2. The molecule has 2 N–H and O–H groups in total. The van der Waals surface area contributed by atoms with E-state index in [2.05, 4.69) is 45.3 Å². The zero-order valence-electron chi connectivity index (χ0n) is 16.0. The van der Waals surface area contributed by atoms with Gasteiger partial charge in [0.05, 0.1) is 18.5 Å². The molecule has 28 heavy (non-hydrogen) atoms. The number of aromatic amines is 1. The second-order valence-electron chi connectivity index (χ2n) is 6.95. The summed E-state index contributed by atoms with van der Waals surface area (Å²) in [5, 5.41) is 10.8. The van der Waals surface area contributed by atoms with Crippen LogP contribution >= 0.6 is 15.9 Å². The lowest BCUT2D eigenvalue weighted by Gasteiger charge is -2.09. The number of halogens is 1. The third kappa shape index (κ3) is 5.81. The minimum Gasteiger partial charge on any atom is -0.491 e. The molecule has 0 atom stereocenters. The lowest BCUT2D eigenvalue weighted by molar-refractivity contribution is -0.115. The number of carbonyl (C=O) groups is 1. The summed E-state index contributed by atoms with van der Waals surface area (Å²) in [7, 11) is 0. The molecule has 1 amide bonds.